The van der Waals surface area contributed by atoms with Crippen molar-refractivity contribution in [3.63, 3.8) is 0 Å². The highest BCUT2D eigenvalue weighted by atomic mass is 79.9. The van der Waals surface area contributed by atoms with E-state index in [2.05, 4.69) is 54.7 Å². The van der Waals surface area contributed by atoms with Crippen molar-refractivity contribution in [1.29, 1.82) is 0 Å². The minimum absolute atomic E-state index is 0.242. The molecule has 2 fully saturated rings. The number of halogens is 3. The van der Waals surface area contributed by atoms with Gasteiger partial charge >= 0.3 is 0 Å². The molecular weight excluding hydrogens is 452 g/mol. The van der Waals surface area contributed by atoms with E-state index >= 15 is 0 Å². The topological polar surface area (TPSA) is 37.3 Å². The Hall–Kier alpha value is 1.07. The average molecular weight is 479 g/mol. The minimum atomic E-state index is -0.247. The predicted octanol–water partition coefficient (Wildman–Crippen LogP) is 5.23. The summed E-state index contributed by atoms with van der Waals surface area (Å²) in [5.41, 5.74) is 0.507. The van der Waals surface area contributed by atoms with Crippen LogP contribution in [0.15, 0.2) is 0 Å². The van der Waals surface area contributed by atoms with Crippen LogP contribution in [0.5, 0.6) is 0 Å². The molecule has 2 nitrogen and oxygen atoms in total. The number of alkyl halides is 3. The number of aliphatic hydroxyl groups is 1. The Bertz CT molecular complexity index is 254. The van der Waals surface area contributed by atoms with Gasteiger partial charge in [-0.3, -0.25) is 4.79 Å². The lowest BCUT2D eigenvalue weighted by molar-refractivity contribution is -0.116. The zero-order valence-corrected chi connectivity index (χ0v) is 17.3. The first kappa shape index (κ1) is 21.1. The SMILES string of the molecule is CC(=O)CCBr.CC1(CCBr)CC1.OC1(CCBr)CC1. The fourth-order valence-corrected chi connectivity index (χ4v) is 3.65. The van der Waals surface area contributed by atoms with Crippen LogP contribution in [0.3, 0.4) is 0 Å². The summed E-state index contributed by atoms with van der Waals surface area (Å²) >= 11 is 9.82. The molecule has 0 unspecified atom stereocenters. The van der Waals surface area contributed by atoms with Gasteiger partial charge in [0, 0.05) is 22.4 Å². The molecule has 0 spiro atoms. The quantitative estimate of drug-likeness (QED) is 0.531. The number of Topliss-reactive ketones (excluding diaryl/α,β-unsaturated/α-hetero) is 1. The van der Waals surface area contributed by atoms with Crippen molar-refractivity contribution in [2.75, 3.05) is 16.0 Å². The number of hydrogen-bond donors (Lipinski definition) is 1. The summed E-state index contributed by atoms with van der Waals surface area (Å²) in [6, 6.07) is 0. The van der Waals surface area contributed by atoms with Crippen LogP contribution in [-0.4, -0.2) is 32.5 Å². The largest absolute Gasteiger partial charge is 0.390 e. The molecule has 0 heterocycles. The van der Waals surface area contributed by atoms with E-state index in [0.717, 1.165) is 35.3 Å². The summed E-state index contributed by atoms with van der Waals surface area (Å²) in [6.07, 6.45) is 7.88. The molecule has 0 amide bonds. The Morgan fingerprint density at radius 2 is 1.50 bits per heavy atom. The second kappa shape index (κ2) is 10.7. The molecule has 5 heteroatoms. The van der Waals surface area contributed by atoms with Crippen LogP contribution in [0, 0.1) is 5.41 Å². The maximum atomic E-state index is 10.0. The number of ketones is 1. The van der Waals surface area contributed by atoms with Crippen LogP contribution < -0.4 is 0 Å². The van der Waals surface area contributed by atoms with Gasteiger partial charge in [0.05, 0.1) is 5.60 Å². The second-order valence-electron chi connectivity index (χ2n) is 6.05. The molecule has 1 N–H and O–H groups in total. The lowest BCUT2D eigenvalue weighted by Gasteiger charge is -2.00. The van der Waals surface area contributed by atoms with Crippen LogP contribution in [0.25, 0.3) is 0 Å². The Morgan fingerprint density at radius 1 is 1.00 bits per heavy atom. The van der Waals surface area contributed by atoms with Crippen molar-refractivity contribution in [3.8, 4) is 0 Å². The molecule has 2 rings (SSSR count). The summed E-state index contributed by atoms with van der Waals surface area (Å²) in [4.78, 5) is 10.0. The molecule has 0 saturated heterocycles. The first-order valence-corrected chi connectivity index (χ1v) is 10.6. The van der Waals surface area contributed by atoms with E-state index < -0.39 is 0 Å². The van der Waals surface area contributed by atoms with Gasteiger partial charge in [-0.25, -0.2) is 0 Å². The standard InChI is InChI=1S/C6H11Br.C5H9BrO.C4H7BrO/c1-6(2-3-6)4-5-7;6-4-3-5(7)1-2-5;1-4(6)2-3-5/h2-5H2,1H3;7H,1-4H2;2-3H2,1H3. The van der Waals surface area contributed by atoms with Crippen LogP contribution in [0.1, 0.15) is 58.8 Å². The molecule has 20 heavy (non-hydrogen) atoms. The van der Waals surface area contributed by atoms with Gasteiger partial charge in [0.15, 0.2) is 0 Å². The van der Waals surface area contributed by atoms with Gasteiger partial charge in [0.2, 0.25) is 0 Å². The number of carbonyl (C=O) groups excluding carboxylic acids is 1. The highest BCUT2D eigenvalue weighted by Crippen LogP contribution is 2.48. The van der Waals surface area contributed by atoms with E-state index in [4.69, 9.17) is 5.11 Å². The van der Waals surface area contributed by atoms with Gasteiger partial charge in [0.1, 0.15) is 5.78 Å². The third-order valence-electron chi connectivity index (χ3n) is 3.64. The van der Waals surface area contributed by atoms with Crippen LogP contribution in [0.2, 0.25) is 0 Å². The van der Waals surface area contributed by atoms with Crippen molar-refractivity contribution in [3.05, 3.63) is 0 Å². The predicted molar refractivity (Wildman–Crippen MR) is 97.4 cm³/mol. The molecular formula is C15H27Br3O2. The van der Waals surface area contributed by atoms with Gasteiger partial charge in [-0.15, -0.1) is 0 Å². The Balaban J connectivity index is 0.000000272. The zero-order valence-electron chi connectivity index (χ0n) is 12.6. The van der Waals surface area contributed by atoms with E-state index in [9.17, 15) is 4.79 Å². The maximum absolute atomic E-state index is 10.0. The van der Waals surface area contributed by atoms with E-state index in [0.29, 0.717) is 6.42 Å². The Morgan fingerprint density at radius 3 is 1.60 bits per heavy atom. The summed E-state index contributed by atoms with van der Waals surface area (Å²) < 4.78 is 0. The van der Waals surface area contributed by atoms with Crippen molar-refractivity contribution in [2.24, 2.45) is 5.41 Å². The third-order valence-corrected chi connectivity index (χ3v) is 4.82. The van der Waals surface area contributed by atoms with E-state index in [-0.39, 0.29) is 11.4 Å². The lowest BCUT2D eigenvalue weighted by atomic mass is 10.1. The number of carbonyl (C=O) groups is 1. The fourth-order valence-electron chi connectivity index (χ4n) is 1.39. The molecule has 0 aromatic rings. The first-order valence-electron chi connectivity index (χ1n) is 7.20. The van der Waals surface area contributed by atoms with Crippen LogP contribution in [0.4, 0.5) is 0 Å². The molecule has 0 aliphatic heterocycles. The first-order chi connectivity index (χ1) is 9.31. The van der Waals surface area contributed by atoms with Crippen molar-refractivity contribution >= 4 is 53.6 Å². The van der Waals surface area contributed by atoms with E-state index in [1.807, 2.05) is 0 Å². The van der Waals surface area contributed by atoms with Gasteiger partial charge in [0.25, 0.3) is 0 Å². The highest BCUT2D eigenvalue weighted by Gasteiger charge is 2.38. The Labute approximate surface area is 148 Å². The third kappa shape index (κ3) is 12.8. The molecule has 0 aromatic heterocycles. The van der Waals surface area contributed by atoms with Crippen molar-refractivity contribution in [2.45, 2.75) is 64.4 Å². The summed E-state index contributed by atoms with van der Waals surface area (Å²) in [5.74, 6) is 0.242. The lowest BCUT2D eigenvalue weighted by Crippen LogP contribution is -2.05. The molecule has 0 aromatic carbocycles. The monoisotopic (exact) mass is 476 g/mol. The Kier molecular flexibility index (Phi) is 11.3. The van der Waals surface area contributed by atoms with Gasteiger partial charge in [-0.2, -0.15) is 0 Å². The van der Waals surface area contributed by atoms with E-state index in [1.54, 1.807) is 6.92 Å². The van der Waals surface area contributed by atoms with E-state index in [1.165, 1.54) is 24.6 Å². The molecule has 2 aliphatic rings. The second-order valence-corrected chi connectivity index (χ2v) is 8.43. The summed E-state index contributed by atoms with van der Waals surface area (Å²) in [5, 5.41) is 12.0. The summed E-state index contributed by atoms with van der Waals surface area (Å²) in [6.45, 7) is 3.94. The molecule has 2 saturated carbocycles. The molecule has 120 valence electrons. The van der Waals surface area contributed by atoms with Crippen LogP contribution >= 0.6 is 47.8 Å². The zero-order chi connectivity index (χ0) is 15.6. The normalized spacial score (nSPS) is 19.9. The maximum Gasteiger partial charge on any atom is 0.130 e. The molecule has 0 bridgehead atoms. The highest BCUT2D eigenvalue weighted by molar-refractivity contribution is 9.09. The fraction of sp³-hybridized carbons (Fsp3) is 0.933. The minimum Gasteiger partial charge on any atom is -0.390 e. The van der Waals surface area contributed by atoms with Crippen molar-refractivity contribution < 1.29 is 9.90 Å². The molecule has 2 aliphatic carbocycles. The van der Waals surface area contributed by atoms with Crippen molar-refractivity contribution in [1.82, 2.24) is 0 Å². The van der Waals surface area contributed by atoms with Gasteiger partial charge < -0.3 is 5.11 Å². The van der Waals surface area contributed by atoms with Gasteiger partial charge in [-0.1, -0.05) is 54.7 Å². The summed E-state index contributed by atoms with van der Waals surface area (Å²) in [7, 11) is 0. The van der Waals surface area contributed by atoms with Crippen LogP contribution in [-0.2, 0) is 4.79 Å². The smallest absolute Gasteiger partial charge is 0.130 e. The number of rotatable bonds is 6. The van der Waals surface area contributed by atoms with Gasteiger partial charge in [-0.05, 0) is 50.9 Å². The molecule has 0 atom stereocenters. The average Bonchev–Trinajstić information content (AvgIpc) is 3.23. The number of hydrogen-bond acceptors (Lipinski definition) is 2. The molecule has 0 radical (unpaired) electrons.